The summed E-state index contributed by atoms with van der Waals surface area (Å²) in [6.07, 6.45) is 1.61. The third-order valence-electron chi connectivity index (χ3n) is 5.03. The molecular formula is C18H25NO2. The quantitative estimate of drug-likeness (QED) is 0.852. The second kappa shape index (κ2) is 6.29. The molecule has 1 heterocycles. The lowest BCUT2D eigenvalue weighted by Crippen LogP contribution is -2.38. The van der Waals surface area contributed by atoms with Gasteiger partial charge in [0, 0.05) is 32.0 Å². The molecule has 1 fully saturated rings. The van der Waals surface area contributed by atoms with E-state index in [2.05, 4.69) is 36.9 Å². The third kappa shape index (κ3) is 3.19. The highest BCUT2D eigenvalue weighted by Crippen LogP contribution is 2.39. The maximum absolute atomic E-state index is 12.6. The lowest BCUT2D eigenvalue weighted by molar-refractivity contribution is -0.123. The number of hydrogen-bond donors (Lipinski definition) is 0. The maximum Gasteiger partial charge on any atom is 0.138 e. The van der Waals surface area contributed by atoms with Gasteiger partial charge in [-0.25, -0.2) is 0 Å². The first-order valence-electron chi connectivity index (χ1n) is 8.07. The topological polar surface area (TPSA) is 29.5 Å². The highest BCUT2D eigenvalue weighted by Gasteiger charge is 2.33. The van der Waals surface area contributed by atoms with Gasteiger partial charge in [-0.15, -0.1) is 0 Å². The van der Waals surface area contributed by atoms with Crippen LogP contribution < -0.4 is 0 Å². The van der Waals surface area contributed by atoms with Crippen molar-refractivity contribution in [2.45, 2.75) is 32.6 Å². The van der Waals surface area contributed by atoms with Gasteiger partial charge in [0.2, 0.25) is 0 Å². The normalized spacial score (nSPS) is 25.8. The summed E-state index contributed by atoms with van der Waals surface area (Å²) < 4.78 is 5.35. The monoisotopic (exact) mass is 287 g/mol. The Bertz CT molecular complexity index is 520. The van der Waals surface area contributed by atoms with Crippen molar-refractivity contribution in [2.75, 3.05) is 32.8 Å². The van der Waals surface area contributed by atoms with Crippen LogP contribution in [0.1, 0.15) is 36.0 Å². The fourth-order valence-corrected chi connectivity index (χ4v) is 3.63. The maximum atomic E-state index is 12.6. The van der Waals surface area contributed by atoms with Crippen LogP contribution in [0.3, 0.4) is 0 Å². The second-order valence-corrected chi connectivity index (χ2v) is 6.47. The lowest BCUT2D eigenvalue weighted by atomic mass is 9.89. The number of carbonyl (C=O) groups is 1. The molecule has 0 aromatic heterocycles. The van der Waals surface area contributed by atoms with Crippen LogP contribution in [0.5, 0.6) is 0 Å². The minimum Gasteiger partial charge on any atom is -0.379 e. The molecule has 1 aromatic rings. The number of Topliss-reactive ketones (excluding diaryl/α,β-unsaturated/α-hetero) is 1. The molecule has 0 spiro atoms. The Morgan fingerprint density at radius 1 is 1.33 bits per heavy atom. The lowest BCUT2D eigenvalue weighted by Gasteiger charge is -2.26. The Labute approximate surface area is 127 Å². The van der Waals surface area contributed by atoms with Crippen molar-refractivity contribution in [3.8, 4) is 0 Å². The standard InChI is InChI=1S/C18H25NO2/c1-13-3-4-15-12-17(14(2)16(15)11-13)18(20)5-6-19-7-9-21-10-8-19/h3-4,11,14,17H,5-10,12H2,1-2H3. The number of aryl methyl sites for hydroxylation is 1. The fraction of sp³-hybridized carbons (Fsp3) is 0.611. The van der Waals surface area contributed by atoms with Crippen LogP contribution in [0.4, 0.5) is 0 Å². The summed E-state index contributed by atoms with van der Waals surface area (Å²) in [5.74, 6) is 0.989. The molecule has 0 radical (unpaired) electrons. The van der Waals surface area contributed by atoms with Crippen molar-refractivity contribution in [3.63, 3.8) is 0 Å². The molecule has 0 saturated carbocycles. The Balaban J connectivity index is 1.59. The zero-order valence-corrected chi connectivity index (χ0v) is 13.1. The molecule has 3 nitrogen and oxygen atoms in total. The molecule has 1 aliphatic heterocycles. The molecule has 3 rings (SSSR count). The average Bonchev–Trinajstić information content (AvgIpc) is 2.83. The van der Waals surface area contributed by atoms with Gasteiger partial charge in [-0.2, -0.15) is 0 Å². The number of rotatable bonds is 4. The van der Waals surface area contributed by atoms with E-state index in [1.165, 1.54) is 16.7 Å². The van der Waals surface area contributed by atoms with Crippen molar-refractivity contribution in [2.24, 2.45) is 5.92 Å². The number of morpholine rings is 1. The zero-order chi connectivity index (χ0) is 14.8. The molecule has 2 unspecified atom stereocenters. The molecule has 2 atom stereocenters. The number of nitrogens with zero attached hydrogens (tertiary/aromatic N) is 1. The number of fused-ring (bicyclic) bond motifs is 1. The third-order valence-corrected chi connectivity index (χ3v) is 5.03. The highest BCUT2D eigenvalue weighted by molar-refractivity contribution is 5.83. The molecule has 1 aliphatic carbocycles. The van der Waals surface area contributed by atoms with E-state index in [1.807, 2.05) is 0 Å². The number of carbonyl (C=O) groups excluding carboxylic acids is 1. The predicted octanol–water partition coefficient (Wildman–Crippen LogP) is 2.56. The number of hydrogen-bond acceptors (Lipinski definition) is 3. The average molecular weight is 287 g/mol. The summed E-state index contributed by atoms with van der Waals surface area (Å²) >= 11 is 0. The van der Waals surface area contributed by atoms with Crippen LogP contribution in [0.2, 0.25) is 0 Å². The molecule has 3 heteroatoms. The number of ketones is 1. The molecule has 114 valence electrons. The van der Waals surface area contributed by atoms with Gasteiger partial charge in [0.05, 0.1) is 13.2 Å². The molecule has 0 N–H and O–H groups in total. The summed E-state index contributed by atoms with van der Waals surface area (Å²) in [5.41, 5.74) is 4.06. The Morgan fingerprint density at radius 3 is 2.86 bits per heavy atom. The molecule has 2 aliphatic rings. The van der Waals surface area contributed by atoms with E-state index >= 15 is 0 Å². The zero-order valence-electron chi connectivity index (χ0n) is 13.1. The fourth-order valence-electron chi connectivity index (χ4n) is 3.63. The molecule has 0 bridgehead atoms. The van der Waals surface area contributed by atoms with E-state index in [-0.39, 0.29) is 5.92 Å². The van der Waals surface area contributed by atoms with Gasteiger partial charge in [0.1, 0.15) is 5.78 Å². The molecule has 1 aromatic carbocycles. The second-order valence-electron chi connectivity index (χ2n) is 6.47. The predicted molar refractivity (Wildman–Crippen MR) is 83.7 cm³/mol. The van der Waals surface area contributed by atoms with E-state index in [0.717, 1.165) is 39.3 Å². The van der Waals surface area contributed by atoms with Gasteiger partial charge >= 0.3 is 0 Å². The van der Waals surface area contributed by atoms with Crippen LogP contribution in [0.15, 0.2) is 18.2 Å². The van der Waals surface area contributed by atoms with Gasteiger partial charge in [0.15, 0.2) is 0 Å². The van der Waals surface area contributed by atoms with Gasteiger partial charge in [-0.05, 0) is 30.4 Å². The first kappa shape index (κ1) is 14.7. The Kier molecular flexibility index (Phi) is 4.41. The van der Waals surface area contributed by atoms with Gasteiger partial charge in [-0.1, -0.05) is 30.7 Å². The first-order chi connectivity index (χ1) is 10.1. The largest absolute Gasteiger partial charge is 0.379 e. The summed E-state index contributed by atoms with van der Waals surface area (Å²) in [4.78, 5) is 14.9. The Hall–Kier alpha value is -1.19. The summed E-state index contributed by atoms with van der Waals surface area (Å²) in [7, 11) is 0. The van der Waals surface area contributed by atoms with Crippen molar-refractivity contribution in [3.05, 3.63) is 34.9 Å². The van der Waals surface area contributed by atoms with E-state index < -0.39 is 0 Å². The van der Waals surface area contributed by atoms with Gasteiger partial charge in [-0.3, -0.25) is 9.69 Å². The Morgan fingerprint density at radius 2 is 2.10 bits per heavy atom. The van der Waals surface area contributed by atoms with Crippen molar-refractivity contribution < 1.29 is 9.53 Å². The molecule has 1 saturated heterocycles. The summed E-state index contributed by atoms with van der Waals surface area (Å²) in [6.45, 7) is 8.77. The van der Waals surface area contributed by atoms with Crippen LogP contribution in [0.25, 0.3) is 0 Å². The van der Waals surface area contributed by atoms with Crippen LogP contribution >= 0.6 is 0 Å². The SMILES string of the molecule is Cc1ccc2c(c1)C(C)C(C(=O)CCN1CCOCC1)C2. The van der Waals surface area contributed by atoms with E-state index in [4.69, 9.17) is 4.74 Å². The summed E-state index contributed by atoms with van der Waals surface area (Å²) in [5, 5.41) is 0. The molecule has 0 amide bonds. The van der Waals surface area contributed by atoms with Crippen molar-refractivity contribution in [1.29, 1.82) is 0 Å². The van der Waals surface area contributed by atoms with Crippen molar-refractivity contribution >= 4 is 5.78 Å². The number of ether oxygens (including phenoxy) is 1. The van der Waals surface area contributed by atoms with Crippen LogP contribution in [0, 0.1) is 12.8 Å². The minimum atomic E-state index is 0.183. The molecule has 21 heavy (non-hydrogen) atoms. The minimum absolute atomic E-state index is 0.183. The van der Waals surface area contributed by atoms with E-state index in [1.54, 1.807) is 0 Å². The van der Waals surface area contributed by atoms with Crippen LogP contribution in [-0.2, 0) is 16.0 Å². The smallest absolute Gasteiger partial charge is 0.138 e. The van der Waals surface area contributed by atoms with Gasteiger partial charge in [0.25, 0.3) is 0 Å². The number of benzene rings is 1. The summed E-state index contributed by atoms with van der Waals surface area (Å²) in [6, 6.07) is 6.62. The molecular weight excluding hydrogens is 262 g/mol. The van der Waals surface area contributed by atoms with Crippen molar-refractivity contribution in [1.82, 2.24) is 4.90 Å². The van der Waals surface area contributed by atoms with E-state index in [9.17, 15) is 4.79 Å². The van der Waals surface area contributed by atoms with Gasteiger partial charge < -0.3 is 4.74 Å². The highest BCUT2D eigenvalue weighted by atomic mass is 16.5. The van der Waals surface area contributed by atoms with Crippen LogP contribution in [-0.4, -0.2) is 43.5 Å². The van der Waals surface area contributed by atoms with E-state index in [0.29, 0.717) is 18.1 Å². The first-order valence-corrected chi connectivity index (χ1v) is 8.07.